The van der Waals surface area contributed by atoms with Crippen LogP contribution in [0.2, 0.25) is 0 Å². The average Bonchev–Trinajstić information content (AvgIpc) is 2.62. The van der Waals surface area contributed by atoms with Crippen molar-refractivity contribution in [1.82, 2.24) is 5.32 Å². The lowest BCUT2D eigenvalue weighted by atomic mass is 9.78. The van der Waals surface area contributed by atoms with Gasteiger partial charge in [0.1, 0.15) is 11.6 Å². The standard InChI is InChI=1S/C20H24N2O3/c1-14-7-6-10-18(15(14)2)22-19(23)13-25-20(24)17(12-21)11-16-8-4-3-5-9-16/h3-5,8-9,11,14-15,18H,6-7,10,13H2,1-2H3,(H,22,23)/b17-11+/t14-,15+,18+/m1/s1. The number of hydrogen-bond acceptors (Lipinski definition) is 4. The van der Waals surface area contributed by atoms with E-state index in [0.29, 0.717) is 11.8 Å². The molecule has 1 aromatic carbocycles. The molecule has 0 aliphatic heterocycles. The summed E-state index contributed by atoms with van der Waals surface area (Å²) in [5.41, 5.74) is 0.601. The van der Waals surface area contributed by atoms with E-state index in [4.69, 9.17) is 10.00 Å². The van der Waals surface area contributed by atoms with Crippen LogP contribution in [0.4, 0.5) is 0 Å². The zero-order chi connectivity index (χ0) is 18.2. The number of benzene rings is 1. The number of amides is 1. The second kappa shape index (κ2) is 9.03. The van der Waals surface area contributed by atoms with Crippen molar-refractivity contribution in [3.63, 3.8) is 0 Å². The molecule has 1 aliphatic carbocycles. The Morgan fingerprint density at radius 2 is 2.00 bits per heavy atom. The van der Waals surface area contributed by atoms with Gasteiger partial charge in [0.25, 0.3) is 5.91 Å². The van der Waals surface area contributed by atoms with Crippen LogP contribution in [-0.2, 0) is 14.3 Å². The second-order valence-electron chi connectivity index (χ2n) is 6.60. The van der Waals surface area contributed by atoms with Crippen LogP contribution in [0.5, 0.6) is 0 Å². The summed E-state index contributed by atoms with van der Waals surface area (Å²) in [6.07, 6.45) is 4.67. The first-order chi connectivity index (χ1) is 12.0. The highest BCUT2D eigenvalue weighted by Crippen LogP contribution is 2.29. The largest absolute Gasteiger partial charge is 0.451 e. The number of nitrogens with one attached hydrogen (secondary N) is 1. The third-order valence-electron chi connectivity index (χ3n) is 4.84. The van der Waals surface area contributed by atoms with Crippen molar-refractivity contribution in [3.8, 4) is 6.07 Å². The molecule has 1 amide bonds. The van der Waals surface area contributed by atoms with Crippen LogP contribution in [0.3, 0.4) is 0 Å². The summed E-state index contributed by atoms with van der Waals surface area (Å²) < 4.78 is 4.99. The van der Waals surface area contributed by atoms with Gasteiger partial charge in [0.15, 0.2) is 6.61 Å². The monoisotopic (exact) mass is 340 g/mol. The molecule has 132 valence electrons. The van der Waals surface area contributed by atoms with Crippen molar-refractivity contribution in [2.75, 3.05) is 6.61 Å². The normalized spacial score (nSPS) is 23.4. The summed E-state index contributed by atoms with van der Waals surface area (Å²) in [4.78, 5) is 24.0. The average molecular weight is 340 g/mol. The van der Waals surface area contributed by atoms with E-state index in [-0.39, 0.29) is 24.1 Å². The van der Waals surface area contributed by atoms with Gasteiger partial charge < -0.3 is 10.1 Å². The Balaban J connectivity index is 1.87. The second-order valence-corrected chi connectivity index (χ2v) is 6.60. The van der Waals surface area contributed by atoms with E-state index in [1.54, 1.807) is 12.1 Å². The fourth-order valence-corrected chi connectivity index (χ4v) is 3.10. The Hall–Kier alpha value is -2.61. The number of carbonyl (C=O) groups excluding carboxylic acids is 2. The number of esters is 1. The number of nitriles is 1. The molecule has 1 aliphatic rings. The van der Waals surface area contributed by atoms with E-state index in [2.05, 4.69) is 19.2 Å². The fourth-order valence-electron chi connectivity index (χ4n) is 3.10. The van der Waals surface area contributed by atoms with E-state index >= 15 is 0 Å². The summed E-state index contributed by atoms with van der Waals surface area (Å²) in [6.45, 7) is 3.96. The minimum atomic E-state index is -0.786. The van der Waals surface area contributed by atoms with E-state index < -0.39 is 5.97 Å². The van der Waals surface area contributed by atoms with Gasteiger partial charge in [0, 0.05) is 6.04 Å². The highest BCUT2D eigenvalue weighted by atomic mass is 16.5. The smallest absolute Gasteiger partial charge is 0.349 e. The molecule has 0 spiro atoms. The molecule has 25 heavy (non-hydrogen) atoms. The summed E-state index contributed by atoms with van der Waals surface area (Å²) >= 11 is 0. The Kier molecular flexibility index (Phi) is 6.76. The lowest BCUT2D eigenvalue weighted by Crippen LogP contribution is -2.45. The van der Waals surface area contributed by atoms with Gasteiger partial charge in [-0.05, 0) is 29.9 Å². The lowest BCUT2D eigenvalue weighted by Gasteiger charge is -2.34. The molecule has 3 atom stereocenters. The van der Waals surface area contributed by atoms with Gasteiger partial charge in [-0.1, -0.05) is 57.0 Å². The molecular formula is C20H24N2O3. The van der Waals surface area contributed by atoms with E-state index in [1.165, 1.54) is 12.5 Å². The molecule has 1 fully saturated rings. The van der Waals surface area contributed by atoms with Crippen molar-refractivity contribution >= 4 is 18.0 Å². The van der Waals surface area contributed by atoms with Crippen molar-refractivity contribution in [2.45, 2.75) is 39.2 Å². The molecule has 0 aromatic heterocycles. The quantitative estimate of drug-likeness (QED) is 0.507. The summed E-state index contributed by atoms with van der Waals surface area (Å²) in [6, 6.07) is 11.0. The van der Waals surface area contributed by atoms with E-state index in [9.17, 15) is 9.59 Å². The molecule has 0 radical (unpaired) electrons. The summed E-state index contributed by atoms with van der Waals surface area (Å²) in [7, 11) is 0. The van der Waals surface area contributed by atoms with Crippen LogP contribution in [0.15, 0.2) is 35.9 Å². The number of nitrogens with zero attached hydrogens (tertiary/aromatic N) is 1. The van der Waals surface area contributed by atoms with Crippen LogP contribution in [0, 0.1) is 23.2 Å². The molecule has 0 saturated heterocycles. The zero-order valence-electron chi connectivity index (χ0n) is 14.7. The van der Waals surface area contributed by atoms with Gasteiger partial charge >= 0.3 is 5.97 Å². The molecule has 5 nitrogen and oxygen atoms in total. The van der Waals surface area contributed by atoms with Crippen molar-refractivity contribution in [3.05, 3.63) is 41.5 Å². The number of ether oxygens (including phenoxy) is 1. The number of rotatable bonds is 5. The van der Waals surface area contributed by atoms with E-state index in [1.807, 2.05) is 24.3 Å². The predicted molar refractivity (Wildman–Crippen MR) is 95.1 cm³/mol. The van der Waals surface area contributed by atoms with Gasteiger partial charge in [0.05, 0.1) is 0 Å². The van der Waals surface area contributed by atoms with Crippen molar-refractivity contribution in [2.24, 2.45) is 11.8 Å². The first-order valence-corrected chi connectivity index (χ1v) is 8.64. The molecule has 0 heterocycles. The van der Waals surface area contributed by atoms with Gasteiger partial charge in [0.2, 0.25) is 0 Å². The number of hydrogen-bond donors (Lipinski definition) is 1. The molecule has 1 aromatic rings. The van der Waals surface area contributed by atoms with Crippen molar-refractivity contribution < 1.29 is 14.3 Å². The first kappa shape index (κ1) is 18.7. The van der Waals surface area contributed by atoms with E-state index in [0.717, 1.165) is 18.4 Å². The Morgan fingerprint density at radius 1 is 1.28 bits per heavy atom. The van der Waals surface area contributed by atoms with Crippen LogP contribution >= 0.6 is 0 Å². The van der Waals surface area contributed by atoms with Gasteiger partial charge in [-0.15, -0.1) is 0 Å². The SMILES string of the molecule is C[C@H]1[C@H](C)CCC[C@@H]1NC(=O)COC(=O)/C(C#N)=C/c1ccccc1. The van der Waals surface area contributed by atoms with Gasteiger partial charge in [-0.2, -0.15) is 5.26 Å². The molecule has 5 heteroatoms. The third kappa shape index (κ3) is 5.46. The van der Waals surface area contributed by atoms with Crippen LogP contribution in [-0.4, -0.2) is 24.5 Å². The Morgan fingerprint density at radius 3 is 2.68 bits per heavy atom. The maximum atomic E-state index is 12.0. The van der Waals surface area contributed by atoms with Crippen LogP contribution in [0.1, 0.15) is 38.7 Å². The summed E-state index contributed by atoms with van der Waals surface area (Å²) in [5, 5.41) is 12.1. The molecule has 2 rings (SSSR count). The van der Waals surface area contributed by atoms with Gasteiger partial charge in [-0.25, -0.2) is 4.79 Å². The maximum Gasteiger partial charge on any atom is 0.349 e. The van der Waals surface area contributed by atoms with Gasteiger partial charge in [-0.3, -0.25) is 4.79 Å². The molecule has 0 bridgehead atoms. The molecule has 1 N–H and O–H groups in total. The molecule has 1 saturated carbocycles. The minimum absolute atomic E-state index is 0.116. The third-order valence-corrected chi connectivity index (χ3v) is 4.84. The molecular weight excluding hydrogens is 316 g/mol. The summed E-state index contributed by atoms with van der Waals surface area (Å²) in [5.74, 6) is -0.135. The topological polar surface area (TPSA) is 79.2 Å². The molecule has 0 unspecified atom stereocenters. The zero-order valence-corrected chi connectivity index (χ0v) is 14.7. The Bertz CT molecular complexity index is 676. The van der Waals surface area contributed by atoms with Crippen molar-refractivity contribution in [1.29, 1.82) is 5.26 Å². The minimum Gasteiger partial charge on any atom is -0.451 e. The van der Waals surface area contributed by atoms with Crippen LogP contribution < -0.4 is 5.32 Å². The van der Waals surface area contributed by atoms with Crippen LogP contribution in [0.25, 0.3) is 6.08 Å². The highest BCUT2D eigenvalue weighted by Gasteiger charge is 2.28. The number of carbonyl (C=O) groups is 2. The predicted octanol–water partition coefficient (Wildman–Crippen LogP) is 3.08. The lowest BCUT2D eigenvalue weighted by molar-refractivity contribution is -0.144. The highest BCUT2D eigenvalue weighted by molar-refractivity contribution is 5.98. The Labute approximate surface area is 148 Å². The first-order valence-electron chi connectivity index (χ1n) is 8.64. The fraction of sp³-hybridized carbons (Fsp3) is 0.450. The maximum absolute atomic E-state index is 12.0.